The van der Waals surface area contributed by atoms with Crippen LogP contribution in [0.4, 0.5) is 14.5 Å². The summed E-state index contributed by atoms with van der Waals surface area (Å²) in [6.45, 7) is 0. The number of aromatic hydroxyl groups is 1. The molecule has 0 bridgehead atoms. The largest absolute Gasteiger partial charge is 0.508 e. The smallest absolute Gasteiger partial charge is 0.296 e. The summed E-state index contributed by atoms with van der Waals surface area (Å²) in [6, 6.07) is 7.54. The molecule has 32 heavy (non-hydrogen) atoms. The van der Waals surface area contributed by atoms with Gasteiger partial charge in [-0.25, -0.2) is 8.78 Å². The number of hydrogen-bond acceptors (Lipinski definition) is 4. The van der Waals surface area contributed by atoms with Gasteiger partial charge in [0.25, 0.3) is 11.7 Å². The second-order valence-corrected chi connectivity index (χ2v) is 7.66. The standard InChI is InChI=1S/C22H13Cl2F2N3O3/c23-13-8-27-9-14(24)20(13)29-22(32)21(31)19-12-6-10(30)4-5-17(12)28-18(19)7-11-15(25)2-1-3-16(11)26/h1-6,8-9,28,30H,7H2,(H,27,29,32). The molecule has 0 spiro atoms. The number of phenolic OH excluding ortho intramolecular Hbond substituents is 1. The van der Waals surface area contributed by atoms with Gasteiger partial charge in [0.15, 0.2) is 0 Å². The molecule has 3 N–H and O–H groups in total. The first kappa shape index (κ1) is 21.7. The van der Waals surface area contributed by atoms with Gasteiger partial charge in [-0.3, -0.25) is 14.6 Å². The van der Waals surface area contributed by atoms with E-state index in [-0.39, 0.29) is 50.1 Å². The average Bonchev–Trinajstić information content (AvgIpc) is 3.10. The first-order valence-electron chi connectivity index (χ1n) is 9.17. The van der Waals surface area contributed by atoms with E-state index in [2.05, 4.69) is 15.3 Å². The molecule has 1 amide bonds. The molecule has 0 aliphatic rings. The van der Waals surface area contributed by atoms with Crippen molar-refractivity contribution in [3.63, 3.8) is 0 Å². The monoisotopic (exact) mass is 475 g/mol. The van der Waals surface area contributed by atoms with Crippen LogP contribution in [0.2, 0.25) is 10.0 Å². The van der Waals surface area contributed by atoms with E-state index in [0.29, 0.717) is 5.52 Å². The molecule has 10 heteroatoms. The zero-order chi connectivity index (χ0) is 23.0. The Kier molecular flexibility index (Phi) is 5.82. The summed E-state index contributed by atoms with van der Waals surface area (Å²) in [5.41, 5.74) is 0.0636. The van der Waals surface area contributed by atoms with E-state index in [0.717, 1.165) is 12.1 Å². The first-order valence-corrected chi connectivity index (χ1v) is 9.93. The first-order chi connectivity index (χ1) is 15.3. The number of aromatic nitrogens is 2. The van der Waals surface area contributed by atoms with Crippen LogP contribution < -0.4 is 5.32 Å². The number of amides is 1. The number of aromatic amines is 1. The van der Waals surface area contributed by atoms with Crippen molar-refractivity contribution >= 4 is 51.5 Å². The van der Waals surface area contributed by atoms with Gasteiger partial charge in [-0.15, -0.1) is 0 Å². The number of carbonyl (C=O) groups excluding carboxylic acids is 2. The van der Waals surface area contributed by atoms with E-state index in [4.69, 9.17) is 23.2 Å². The second-order valence-electron chi connectivity index (χ2n) is 6.85. The quantitative estimate of drug-likeness (QED) is 0.270. The van der Waals surface area contributed by atoms with Gasteiger partial charge < -0.3 is 15.4 Å². The molecule has 0 fully saturated rings. The van der Waals surface area contributed by atoms with Gasteiger partial charge in [-0.2, -0.15) is 0 Å². The minimum absolute atomic E-state index is 0.00827. The summed E-state index contributed by atoms with van der Waals surface area (Å²) in [7, 11) is 0. The number of halogens is 4. The van der Waals surface area contributed by atoms with Gasteiger partial charge in [0.1, 0.15) is 17.4 Å². The number of nitrogens with one attached hydrogen (secondary N) is 2. The van der Waals surface area contributed by atoms with Gasteiger partial charge >= 0.3 is 0 Å². The molecule has 2 aromatic heterocycles. The van der Waals surface area contributed by atoms with Gasteiger partial charge in [0.2, 0.25) is 0 Å². The Morgan fingerprint density at radius 3 is 2.38 bits per heavy atom. The maximum absolute atomic E-state index is 14.2. The van der Waals surface area contributed by atoms with Crippen LogP contribution in [0.3, 0.4) is 0 Å². The molecule has 4 aromatic rings. The van der Waals surface area contributed by atoms with Crippen LogP contribution in [0.15, 0.2) is 48.8 Å². The average molecular weight is 476 g/mol. The molecule has 0 radical (unpaired) electrons. The normalized spacial score (nSPS) is 11.0. The summed E-state index contributed by atoms with van der Waals surface area (Å²) >= 11 is 12.0. The zero-order valence-electron chi connectivity index (χ0n) is 16.0. The van der Waals surface area contributed by atoms with Gasteiger partial charge in [0, 0.05) is 41.0 Å². The van der Waals surface area contributed by atoms with E-state index in [1.807, 2.05) is 0 Å². The van der Waals surface area contributed by atoms with E-state index in [1.54, 1.807) is 0 Å². The summed E-state index contributed by atoms with van der Waals surface area (Å²) in [6.07, 6.45) is 2.15. The van der Waals surface area contributed by atoms with Crippen molar-refractivity contribution in [1.82, 2.24) is 9.97 Å². The zero-order valence-corrected chi connectivity index (χ0v) is 17.6. The Labute approximate surface area is 189 Å². The minimum atomic E-state index is -1.08. The van der Waals surface area contributed by atoms with Crippen molar-refractivity contribution in [3.8, 4) is 5.75 Å². The van der Waals surface area contributed by atoms with Crippen LogP contribution in [0.5, 0.6) is 5.75 Å². The number of nitrogens with zero attached hydrogens (tertiary/aromatic N) is 1. The Bertz CT molecular complexity index is 1350. The number of phenols is 1. The number of benzene rings is 2. The molecule has 2 aromatic carbocycles. The third-order valence-electron chi connectivity index (χ3n) is 4.80. The lowest BCUT2D eigenvalue weighted by Crippen LogP contribution is -2.24. The fourth-order valence-corrected chi connectivity index (χ4v) is 3.78. The number of hydrogen-bond donors (Lipinski definition) is 3. The Hall–Kier alpha value is -3.49. The van der Waals surface area contributed by atoms with Crippen LogP contribution in [-0.4, -0.2) is 26.8 Å². The molecular weight excluding hydrogens is 463 g/mol. The highest BCUT2D eigenvalue weighted by molar-refractivity contribution is 6.50. The predicted octanol–water partition coefficient (Wildman–Crippen LogP) is 5.27. The molecule has 0 unspecified atom stereocenters. The van der Waals surface area contributed by atoms with Crippen molar-refractivity contribution in [3.05, 3.63) is 87.3 Å². The summed E-state index contributed by atoms with van der Waals surface area (Å²) in [4.78, 5) is 32.6. The summed E-state index contributed by atoms with van der Waals surface area (Å²) in [5.74, 6) is -3.86. The van der Waals surface area contributed by atoms with Crippen molar-refractivity contribution in [2.24, 2.45) is 0 Å². The van der Waals surface area contributed by atoms with Crippen molar-refractivity contribution in [2.45, 2.75) is 6.42 Å². The highest BCUT2D eigenvalue weighted by Crippen LogP contribution is 2.31. The van der Waals surface area contributed by atoms with Gasteiger partial charge in [-0.1, -0.05) is 29.3 Å². The van der Waals surface area contributed by atoms with Crippen LogP contribution in [0, 0.1) is 11.6 Å². The molecule has 2 heterocycles. The maximum Gasteiger partial charge on any atom is 0.296 e. The lowest BCUT2D eigenvalue weighted by atomic mass is 10.0. The molecule has 0 atom stereocenters. The number of anilines is 1. The third-order valence-corrected chi connectivity index (χ3v) is 5.37. The van der Waals surface area contributed by atoms with Crippen LogP contribution in [-0.2, 0) is 11.2 Å². The van der Waals surface area contributed by atoms with Crippen molar-refractivity contribution in [1.29, 1.82) is 0 Å². The molecule has 0 aliphatic carbocycles. The van der Waals surface area contributed by atoms with Crippen LogP contribution >= 0.6 is 23.2 Å². The fourth-order valence-electron chi connectivity index (χ4n) is 3.32. The maximum atomic E-state index is 14.2. The number of rotatable bonds is 5. The van der Waals surface area contributed by atoms with E-state index >= 15 is 0 Å². The molecule has 0 aliphatic heterocycles. The second kappa shape index (κ2) is 8.57. The molecule has 0 saturated carbocycles. The topological polar surface area (TPSA) is 95.1 Å². The Balaban J connectivity index is 1.79. The van der Waals surface area contributed by atoms with Crippen LogP contribution in [0.25, 0.3) is 10.9 Å². The lowest BCUT2D eigenvalue weighted by molar-refractivity contribution is -0.112. The van der Waals surface area contributed by atoms with E-state index in [9.17, 15) is 23.5 Å². The predicted molar refractivity (Wildman–Crippen MR) is 116 cm³/mol. The highest BCUT2D eigenvalue weighted by Gasteiger charge is 2.27. The number of carbonyl (C=O) groups is 2. The molecular formula is C22H13Cl2F2N3O3. The SMILES string of the molecule is O=C(Nc1c(Cl)cncc1Cl)C(=O)c1c(Cc2c(F)cccc2F)[nH]c2ccc(O)cc12. The number of Topliss-reactive ketones (excluding diaryl/α,β-unsaturated/α-hetero) is 1. The number of ketones is 1. The molecule has 0 saturated heterocycles. The third kappa shape index (κ3) is 4.02. The summed E-state index contributed by atoms with van der Waals surface area (Å²) < 4.78 is 28.5. The van der Waals surface area contributed by atoms with E-state index < -0.39 is 23.3 Å². The van der Waals surface area contributed by atoms with Crippen molar-refractivity contribution < 1.29 is 23.5 Å². The van der Waals surface area contributed by atoms with Crippen molar-refractivity contribution in [2.75, 3.05) is 5.32 Å². The fraction of sp³-hybridized carbons (Fsp3) is 0.0455. The van der Waals surface area contributed by atoms with Crippen LogP contribution in [0.1, 0.15) is 21.6 Å². The van der Waals surface area contributed by atoms with Gasteiger partial charge in [0.05, 0.1) is 21.3 Å². The van der Waals surface area contributed by atoms with E-state index in [1.165, 1.54) is 36.7 Å². The molecule has 6 nitrogen and oxygen atoms in total. The summed E-state index contributed by atoms with van der Waals surface area (Å²) in [5, 5.41) is 12.5. The molecule has 162 valence electrons. The Morgan fingerprint density at radius 1 is 1.06 bits per heavy atom. The highest BCUT2D eigenvalue weighted by atomic mass is 35.5. The minimum Gasteiger partial charge on any atom is -0.508 e. The number of fused-ring (bicyclic) bond motifs is 1. The Morgan fingerprint density at radius 2 is 1.72 bits per heavy atom. The lowest BCUT2D eigenvalue weighted by Gasteiger charge is -2.09. The number of pyridine rings is 1. The molecule has 4 rings (SSSR count). The number of H-pyrrole nitrogens is 1. The van der Waals surface area contributed by atoms with Gasteiger partial charge in [-0.05, 0) is 30.3 Å².